The number of hydrogen-bond donors (Lipinski definition) is 0. The van der Waals surface area contributed by atoms with Crippen molar-refractivity contribution in [2.75, 3.05) is 39.5 Å². The number of halogens is 3. The van der Waals surface area contributed by atoms with Gasteiger partial charge < -0.3 is 9.47 Å². The molecule has 0 atom stereocenters. The summed E-state index contributed by atoms with van der Waals surface area (Å²) in [6.45, 7) is 4.23. The van der Waals surface area contributed by atoms with Crippen molar-refractivity contribution in [3.8, 4) is 5.88 Å². The molecule has 0 saturated carbocycles. The molecule has 7 heteroatoms. The van der Waals surface area contributed by atoms with Gasteiger partial charge in [-0.3, -0.25) is 4.90 Å². The number of alkyl halides is 3. The van der Waals surface area contributed by atoms with E-state index in [0.717, 1.165) is 25.4 Å². The van der Waals surface area contributed by atoms with E-state index in [0.29, 0.717) is 26.4 Å². The summed E-state index contributed by atoms with van der Waals surface area (Å²) in [4.78, 5) is 5.82. The molecule has 0 unspecified atom stereocenters. The SMILES string of the molecule is FC(F)(F)c1ccc(OCCN2CCOCC2)nc1. The van der Waals surface area contributed by atoms with Gasteiger partial charge in [-0.2, -0.15) is 13.2 Å². The van der Waals surface area contributed by atoms with Crippen LogP contribution in [0.5, 0.6) is 5.88 Å². The number of pyridine rings is 1. The van der Waals surface area contributed by atoms with Crippen LogP contribution < -0.4 is 4.74 Å². The second kappa shape index (κ2) is 6.21. The van der Waals surface area contributed by atoms with Crippen LogP contribution in [0.15, 0.2) is 18.3 Å². The summed E-state index contributed by atoms with van der Waals surface area (Å²) in [5.74, 6) is 0.209. The molecule has 0 aliphatic carbocycles. The van der Waals surface area contributed by atoms with Crippen LogP contribution in [0.3, 0.4) is 0 Å². The van der Waals surface area contributed by atoms with Gasteiger partial charge in [0.1, 0.15) is 6.61 Å². The van der Waals surface area contributed by atoms with Crippen molar-refractivity contribution in [3.05, 3.63) is 23.9 Å². The molecule has 1 aromatic heterocycles. The van der Waals surface area contributed by atoms with Crippen LogP contribution in [0.4, 0.5) is 13.2 Å². The van der Waals surface area contributed by atoms with Gasteiger partial charge in [0.2, 0.25) is 5.88 Å². The average Bonchev–Trinajstić information content (AvgIpc) is 2.39. The Morgan fingerprint density at radius 1 is 1.26 bits per heavy atom. The Labute approximate surface area is 109 Å². The molecule has 4 nitrogen and oxygen atoms in total. The first-order valence-electron chi connectivity index (χ1n) is 6.02. The Morgan fingerprint density at radius 2 is 2.00 bits per heavy atom. The Bertz CT molecular complexity index is 389. The number of morpholine rings is 1. The molecule has 19 heavy (non-hydrogen) atoms. The van der Waals surface area contributed by atoms with Crippen molar-refractivity contribution < 1.29 is 22.6 Å². The van der Waals surface area contributed by atoms with Gasteiger partial charge in [0, 0.05) is 31.9 Å². The minimum absolute atomic E-state index is 0.209. The number of nitrogens with zero attached hydrogens (tertiary/aromatic N) is 2. The van der Waals surface area contributed by atoms with Crippen LogP contribution in [0.25, 0.3) is 0 Å². The van der Waals surface area contributed by atoms with Crippen molar-refractivity contribution in [1.82, 2.24) is 9.88 Å². The predicted molar refractivity (Wildman–Crippen MR) is 62.0 cm³/mol. The highest BCUT2D eigenvalue weighted by Gasteiger charge is 2.30. The minimum atomic E-state index is -4.36. The van der Waals surface area contributed by atoms with Gasteiger partial charge in [0.15, 0.2) is 0 Å². The molecule has 0 amide bonds. The summed E-state index contributed by atoms with van der Waals surface area (Å²) in [5, 5.41) is 0. The molecule has 1 aliphatic heterocycles. The fourth-order valence-corrected chi connectivity index (χ4v) is 1.74. The lowest BCUT2D eigenvalue weighted by molar-refractivity contribution is -0.137. The number of rotatable bonds is 4. The molecule has 2 rings (SSSR count). The number of hydrogen-bond acceptors (Lipinski definition) is 4. The zero-order valence-corrected chi connectivity index (χ0v) is 10.3. The first-order valence-corrected chi connectivity index (χ1v) is 6.02. The lowest BCUT2D eigenvalue weighted by atomic mass is 10.3. The van der Waals surface area contributed by atoms with Crippen LogP contribution in [-0.4, -0.2) is 49.3 Å². The fourth-order valence-electron chi connectivity index (χ4n) is 1.74. The lowest BCUT2D eigenvalue weighted by Gasteiger charge is -2.26. The third-order valence-corrected chi connectivity index (χ3v) is 2.82. The fraction of sp³-hybridized carbons (Fsp3) is 0.583. The molecular weight excluding hydrogens is 261 g/mol. The summed E-state index contributed by atoms with van der Waals surface area (Å²) in [5.41, 5.74) is -0.770. The molecule has 2 heterocycles. The summed E-state index contributed by atoms with van der Waals surface area (Å²) >= 11 is 0. The molecule has 0 bridgehead atoms. The second-order valence-corrected chi connectivity index (χ2v) is 4.19. The third-order valence-electron chi connectivity index (χ3n) is 2.82. The summed E-state index contributed by atoms with van der Waals surface area (Å²) in [7, 11) is 0. The largest absolute Gasteiger partial charge is 0.476 e. The van der Waals surface area contributed by atoms with E-state index in [1.807, 2.05) is 0 Å². The Hall–Kier alpha value is -1.34. The highest BCUT2D eigenvalue weighted by atomic mass is 19.4. The van der Waals surface area contributed by atoms with Crippen LogP contribution >= 0.6 is 0 Å². The molecule has 106 valence electrons. The van der Waals surface area contributed by atoms with Crippen LogP contribution in [-0.2, 0) is 10.9 Å². The van der Waals surface area contributed by atoms with Crippen molar-refractivity contribution in [2.24, 2.45) is 0 Å². The molecule has 0 radical (unpaired) electrons. The number of ether oxygens (including phenoxy) is 2. The maximum Gasteiger partial charge on any atom is 0.417 e. The standard InChI is InChI=1S/C12H15F3N2O2/c13-12(14,15)10-1-2-11(16-9-10)19-8-5-17-3-6-18-7-4-17/h1-2,9H,3-8H2. The van der Waals surface area contributed by atoms with E-state index in [2.05, 4.69) is 9.88 Å². The Balaban J connectivity index is 1.76. The maximum atomic E-state index is 12.3. The maximum absolute atomic E-state index is 12.3. The topological polar surface area (TPSA) is 34.6 Å². The highest BCUT2D eigenvalue weighted by Crippen LogP contribution is 2.29. The van der Waals surface area contributed by atoms with E-state index in [1.165, 1.54) is 6.07 Å². The lowest BCUT2D eigenvalue weighted by Crippen LogP contribution is -2.38. The molecule has 0 spiro atoms. The van der Waals surface area contributed by atoms with E-state index in [4.69, 9.17) is 9.47 Å². The van der Waals surface area contributed by atoms with E-state index in [-0.39, 0.29) is 5.88 Å². The third kappa shape index (κ3) is 4.36. The molecule has 0 aromatic carbocycles. The predicted octanol–water partition coefficient (Wildman–Crippen LogP) is 1.81. The van der Waals surface area contributed by atoms with Gasteiger partial charge in [-0.1, -0.05) is 0 Å². The van der Waals surface area contributed by atoms with Gasteiger partial charge in [-0.25, -0.2) is 4.98 Å². The van der Waals surface area contributed by atoms with Crippen LogP contribution in [0.2, 0.25) is 0 Å². The van der Waals surface area contributed by atoms with E-state index in [1.54, 1.807) is 0 Å². The van der Waals surface area contributed by atoms with Crippen molar-refractivity contribution in [2.45, 2.75) is 6.18 Å². The molecule has 1 saturated heterocycles. The Kier molecular flexibility index (Phi) is 4.60. The highest BCUT2D eigenvalue weighted by molar-refractivity contribution is 5.20. The summed E-state index contributed by atoms with van der Waals surface area (Å²) in [6.07, 6.45) is -3.58. The normalized spacial score (nSPS) is 17.4. The van der Waals surface area contributed by atoms with Crippen molar-refractivity contribution in [1.29, 1.82) is 0 Å². The molecule has 1 fully saturated rings. The van der Waals surface area contributed by atoms with Crippen LogP contribution in [0, 0.1) is 0 Å². The van der Waals surface area contributed by atoms with Crippen molar-refractivity contribution in [3.63, 3.8) is 0 Å². The minimum Gasteiger partial charge on any atom is -0.476 e. The van der Waals surface area contributed by atoms with Gasteiger partial charge in [0.25, 0.3) is 0 Å². The van der Waals surface area contributed by atoms with Gasteiger partial charge >= 0.3 is 6.18 Å². The van der Waals surface area contributed by atoms with Crippen molar-refractivity contribution >= 4 is 0 Å². The summed E-state index contributed by atoms with van der Waals surface area (Å²) < 4.78 is 47.5. The molecule has 1 aromatic rings. The van der Waals surface area contributed by atoms with Gasteiger partial charge in [0.05, 0.1) is 18.8 Å². The molecule has 0 N–H and O–H groups in total. The Morgan fingerprint density at radius 3 is 2.58 bits per heavy atom. The number of aromatic nitrogens is 1. The van der Waals surface area contributed by atoms with E-state index >= 15 is 0 Å². The van der Waals surface area contributed by atoms with E-state index in [9.17, 15) is 13.2 Å². The zero-order valence-electron chi connectivity index (χ0n) is 10.3. The zero-order chi connectivity index (χ0) is 13.7. The summed E-state index contributed by atoms with van der Waals surface area (Å²) in [6, 6.07) is 2.21. The monoisotopic (exact) mass is 276 g/mol. The first kappa shape index (κ1) is 14.1. The smallest absolute Gasteiger partial charge is 0.417 e. The molecular formula is C12H15F3N2O2. The quantitative estimate of drug-likeness (QED) is 0.840. The van der Waals surface area contributed by atoms with Gasteiger partial charge in [-0.15, -0.1) is 0 Å². The van der Waals surface area contributed by atoms with Crippen LogP contribution in [0.1, 0.15) is 5.56 Å². The van der Waals surface area contributed by atoms with Gasteiger partial charge in [-0.05, 0) is 6.07 Å². The second-order valence-electron chi connectivity index (χ2n) is 4.19. The average molecular weight is 276 g/mol. The molecule has 1 aliphatic rings. The van der Waals surface area contributed by atoms with E-state index < -0.39 is 11.7 Å². The first-order chi connectivity index (χ1) is 9.05.